The number of thioether (sulfide) groups is 1. The molecule has 0 spiro atoms. The van der Waals surface area contributed by atoms with Gasteiger partial charge in [-0.05, 0) is 60.6 Å². The minimum Gasteiger partial charge on any atom is -0.497 e. The number of aryl methyl sites for hydroxylation is 1. The van der Waals surface area contributed by atoms with Crippen molar-refractivity contribution in [3.8, 4) is 5.75 Å². The van der Waals surface area contributed by atoms with Gasteiger partial charge in [0.2, 0.25) is 0 Å². The van der Waals surface area contributed by atoms with Crippen molar-refractivity contribution in [2.75, 3.05) is 17.3 Å². The summed E-state index contributed by atoms with van der Waals surface area (Å²) in [6.07, 6.45) is 0. The molecule has 3 rings (SSSR count). The van der Waals surface area contributed by atoms with Gasteiger partial charge < -0.3 is 10.1 Å². The highest BCUT2D eigenvalue weighted by atomic mass is 32.2. The van der Waals surface area contributed by atoms with Crippen LogP contribution < -0.4 is 15.0 Å². The van der Waals surface area contributed by atoms with E-state index in [1.165, 1.54) is 4.90 Å². The first-order chi connectivity index (χ1) is 11.1. The van der Waals surface area contributed by atoms with Gasteiger partial charge in [-0.3, -0.25) is 9.59 Å². The van der Waals surface area contributed by atoms with Crippen LogP contribution >= 0.6 is 11.8 Å². The third-order valence-corrected chi connectivity index (χ3v) is 4.43. The average molecular weight is 328 g/mol. The molecule has 0 unspecified atom stereocenters. The first kappa shape index (κ1) is 15.4. The van der Waals surface area contributed by atoms with Crippen LogP contribution in [-0.4, -0.2) is 23.6 Å². The second-order valence-corrected chi connectivity index (χ2v) is 6.21. The molecule has 6 heteroatoms. The zero-order chi connectivity index (χ0) is 16.4. The van der Waals surface area contributed by atoms with E-state index in [9.17, 15) is 9.59 Å². The lowest BCUT2D eigenvalue weighted by atomic mass is 10.2. The van der Waals surface area contributed by atoms with Gasteiger partial charge in [0.05, 0.1) is 12.8 Å². The number of anilines is 2. The van der Waals surface area contributed by atoms with Crippen LogP contribution in [0, 0.1) is 6.92 Å². The molecule has 1 aliphatic heterocycles. The quantitative estimate of drug-likeness (QED) is 0.928. The van der Waals surface area contributed by atoms with Gasteiger partial charge in [-0.2, -0.15) is 0 Å². The predicted molar refractivity (Wildman–Crippen MR) is 92.1 cm³/mol. The molecule has 1 heterocycles. The van der Waals surface area contributed by atoms with Crippen LogP contribution in [0.3, 0.4) is 0 Å². The van der Waals surface area contributed by atoms with Crippen molar-refractivity contribution < 1.29 is 14.3 Å². The van der Waals surface area contributed by atoms with Crippen LogP contribution in [0.1, 0.15) is 5.56 Å². The zero-order valence-electron chi connectivity index (χ0n) is 12.8. The minimum atomic E-state index is -0.628. The molecule has 1 aliphatic rings. The van der Waals surface area contributed by atoms with Crippen molar-refractivity contribution in [1.29, 1.82) is 0 Å². The Kier molecular flexibility index (Phi) is 4.25. The van der Waals surface area contributed by atoms with Crippen molar-refractivity contribution in [3.63, 3.8) is 0 Å². The smallest absolute Gasteiger partial charge is 0.295 e. The fraction of sp³-hybridized carbons (Fsp3) is 0.176. The van der Waals surface area contributed by atoms with E-state index in [0.29, 0.717) is 5.69 Å². The van der Waals surface area contributed by atoms with E-state index in [1.54, 1.807) is 25.3 Å². The van der Waals surface area contributed by atoms with E-state index >= 15 is 0 Å². The molecule has 5 nitrogen and oxygen atoms in total. The number of hydrogen-bond donors (Lipinski definition) is 1. The second-order valence-electron chi connectivity index (χ2n) is 5.15. The van der Waals surface area contributed by atoms with Crippen LogP contribution in [0.2, 0.25) is 0 Å². The first-order valence-electron chi connectivity index (χ1n) is 7.10. The van der Waals surface area contributed by atoms with Crippen molar-refractivity contribution >= 4 is 34.3 Å². The maximum atomic E-state index is 12.6. The van der Waals surface area contributed by atoms with E-state index in [1.807, 2.05) is 37.3 Å². The standard InChI is InChI=1S/C17H16N2O3S/c1-11-4-3-5-13(10-11)19-16(20)15(23-17(19)21)18-12-6-8-14(22-2)9-7-12/h3-10,15,18H,1-2H3/t15-/m0/s1. The van der Waals surface area contributed by atoms with E-state index in [-0.39, 0.29) is 11.1 Å². The molecule has 0 radical (unpaired) electrons. The highest BCUT2D eigenvalue weighted by Gasteiger charge is 2.40. The number of methoxy groups -OCH3 is 1. The first-order valence-corrected chi connectivity index (χ1v) is 7.98. The topological polar surface area (TPSA) is 58.6 Å². The summed E-state index contributed by atoms with van der Waals surface area (Å²) in [6, 6.07) is 14.6. The molecule has 2 aromatic carbocycles. The fourth-order valence-corrected chi connectivity index (χ4v) is 3.24. The molecular weight excluding hydrogens is 312 g/mol. The number of ether oxygens (including phenoxy) is 1. The molecule has 1 N–H and O–H groups in total. The van der Waals surface area contributed by atoms with Crippen molar-refractivity contribution in [3.05, 3.63) is 54.1 Å². The van der Waals surface area contributed by atoms with Crippen molar-refractivity contribution in [1.82, 2.24) is 0 Å². The molecule has 0 saturated carbocycles. The monoisotopic (exact) mass is 328 g/mol. The Labute approximate surface area is 138 Å². The number of carbonyl (C=O) groups excluding carboxylic acids is 2. The Hall–Kier alpha value is -2.47. The van der Waals surface area contributed by atoms with E-state index in [2.05, 4.69) is 5.32 Å². The Morgan fingerprint density at radius 1 is 1.13 bits per heavy atom. The summed E-state index contributed by atoms with van der Waals surface area (Å²) in [4.78, 5) is 26.0. The molecule has 1 saturated heterocycles. The Bertz CT molecular complexity index is 746. The fourth-order valence-electron chi connectivity index (χ4n) is 2.34. The molecule has 1 atom stereocenters. The summed E-state index contributed by atoms with van der Waals surface area (Å²) >= 11 is 0.982. The van der Waals surface area contributed by atoms with Gasteiger partial charge in [-0.15, -0.1) is 0 Å². The number of hydrogen-bond acceptors (Lipinski definition) is 5. The normalized spacial score (nSPS) is 17.5. The molecule has 0 aromatic heterocycles. The summed E-state index contributed by atoms with van der Waals surface area (Å²) in [5.41, 5.74) is 2.36. The molecule has 0 aliphatic carbocycles. The van der Waals surface area contributed by atoms with Gasteiger partial charge in [0.15, 0.2) is 5.37 Å². The molecular formula is C17H16N2O3S. The summed E-state index contributed by atoms with van der Waals surface area (Å²) in [5.74, 6) is 0.472. The maximum Gasteiger partial charge on any atom is 0.295 e. The lowest BCUT2D eigenvalue weighted by Gasteiger charge is -2.15. The number of imide groups is 1. The van der Waals surface area contributed by atoms with Crippen LogP contribution in [0.15, 0.2) is 48.5 Å². The third-order valence-electron chi connectivity index (χ3n) is 3.49. The van der Waals surface area contributed by atoms with Gasteiger partial charge in [-0.1, -0.05) is 12.1 Å². The van der Waals surface area contributed by atoms with E-state index in [0.717, 1.165) is 28.8 Å². The summed E-state index contributed by atoms with van der Waals surface area (Å²) in [7, 11) is 1.59. The van der Waals surface area contributed by atoms with Crippen molar-refractivity contribution in [2.45, 2.75) is 12.3 Å². The van der Waals surface area contributed by atoms with Gasteiger partial charge in [0, 0.05) is 5.69 Å². The number of carbonyl (C=O) groups is 2. The van der Waals surface area contributed by atoms with Gasteiger partial charge in [0.1, 0.15) is 5.75 Å². The molecule has 1 fully saturated rings. The van der Waals surface area contributed by atoms with Gasteiger partial charge in [-0.25, -0.2) is 4.90 Å². The van der Waals surface area contributed by atoms with Gasteiger partial charge >= 0.3 is 0 Å². The maximum absolute atomic E-state index is 12.6. The number of nitrogens with zero attached hydrogens (tertiary/aromatic N) is 1. The lowest BCUT2D eigenvalue weighted by molar-refractivity contribution is -0.116. The van der Waals surface area contributed by atoms with Crippen LogP contribution in [0.4, 0.5) is 16.2 Å². The summed E-state index contributed by atoms with van der Waals surface area (Å²) in [5, 5.41) is 2.18. The number of benzene rings is 2. The number of amides is 2. The Morgan fingerprint density at radius 3 is 2.52 bits per heavy atom. The zero-order valence-corrected chi connectivity index (χ0v) is 13.6. The highest BCUT2D eigenvalue weighted by Crippen LogP contribution is 2.33. The highest BCUT2D eigenvalue weighted by molar-refractivity contribution is 8.16. The second kappa shape index (κ2) is 6.34. The summed E-state index contributed by atoms with van der Waals surface area (Å²) < 4.78 is 5.10. The Morgan fingerprint density at radius 2 is 1.87 bits per heavy atom. The number of rotatable bonds is 4. The molecule has 23 heavy (non-hydrogen) atoms. The minimum absolute atomic E-state index is 0.263. The lowest BCUT2D eigenvalue weighted by Crippen LogP contribution is -2.34. The summed E-state index contributed by atoms with van der Waals surface area (Å²) in [6.45, 7) is 1.93. The Balaban J connectivity index is 1.78. The van der Waals surface area contributed by atoms with Gasteiger partial charge in [0.25, 0.3) is 11.1 Å². The van der Waals surface area contributed by atoms with Crippen LogP contribution in [0.5, 0.6) is 5.75 Å². The van der Waals surface area contributed by atoms with Crippen LogP contribution in [-0.2, 0) is 4.79 Å². The number of nitrogens with one attached hydrogen (secondary N) is 1. The third kappa shape index (κ3) is 3.17. The molecule has 0 bridgehead atoms. The predicted octanol–water partition coefficient (Wildman–Crippen LogP) is 3.64. The molecule has 2 aromatic rings. The largest absolute Gasteiger partial charge is 0.497 e. The SMILES string of the molecule is COc1ccc(N[C@H]2SC(=O)N(c3cccc(C)c3)C2=O)cc1. The average Bonchev–Trinajstić information content (AvgIpc) is 2.82. The van der Waals surface area contributed by atoms with Crippen molar-refractivity contribution in [2.24, 2.45) is 0 Å². The van der Waals surface area contributed by atoms with Crippen LogP contribution in [0.25, 0.3) is 0 Å². The molecule has 2 amide bonds. The molecule has 118 valence electrons. The van der Waals surface area contributed by atoms with E-state index in [4.69, 9.17) is 4.74 Å². The van der Waals surface area contributed by atoms with E-state index < -0.39 is 5.37 Å².